The van der Waals surface area contributed by atoms with Gasteiger partial charge in [-0.05, 0) is 31.9 Å². The van der Waals surface area contributed by atoms with Gasteiger partial charge in [-0.2, -0.15) is 0 Å². The van der Waals surface area contributed by atoms with Gasteiger partial charge >= 0.3 is 0 Å². The van der Waals surface area contributed by atoms with Gasteiger partial charge in [0, 0.05) is 6.04 Å². The Morgan fingerprint density at radius 1 is 1.29 bits per heavy atom. The van der Waals surface area contributed by atoms with Gasteiger partial charge in [-0.3, -0.25) is 0 Å². The van der Waals surface area contributed by atoms with E-state index in [0.29, 0.717) is 4.90 Å². The van der Waals surface area contributed by atoms with Gasteiger partial charge in [-0.1, -0.05) is 31.0 Å². The van der Waals surface area contributed by atoms with E-state index in [1.807, 2.05) is 32.9 Å². The lowest BCUT2D eigenvalue weighted by molar-refractivity contribution is 0.576. The molecule has 1 atom stereocenters. The van der Waals surface area contributed by atoms with Crippen LogP contribution in [0.3, 0.4) is 0 Å². The first-order valence-electron chi connectivity index (χ1n) is 5.92. The highest BCUT2D eigenvalue weighted by atomic mass is 32.2. The molecule has 2 N–H and O–H groups in total. The molecule has 0 bridgehead atoms. The monoisotopic (exact) mass is 255 g/mol. The Bertz CT molecular complexity index is 480. The van der Waals surface area contributed by atoms with Gasteiger partial charge < -0.3 is 5.73 Å². The Hall–Kier alpha value is -0.870. The molecule has 4 heteroatoms. The zero-order chi connectivity index (χ0) is 13.1. The topological polar surface area (TPSA) is 60.2 Å². The SMILES string of the molecule is CCCC(N)CS(=O)(=O)c1ccc(C)cc1C. The number of nitrogens with two attached hydrogens (primary N) is 1. The van der Waals surface area contributed by atoms with E-state index in [-0.39, 0.29) is 11.8 Å². The first kappa shape index (κ1) is 14.2. The molecule has 0 spiro atoms. The molecule has 17 heavy (non-hydrogen) atoms. The normalized spacial score (nSPS) is 13.6. The molecular weight excluding hydrogens is 234 g/mol. The first-order chi connectivity index (χ1) is 7.86. The lowest BCUT2D eigenvalue weighted by Crippen LogP contribution is -2.29. The molecule has 1 rings (SSSR count). The van der Waals surface area contributed by atoms with Crippen LogP contribution in [0.15, 0.2) is 23.1 Å². The maximum atomic E-state index is 12.2. The van der Waals surface area contributed by atoms with Crippen molar-refractivity contribution >= 4 is 9.84 Å². The molecule has 0 fully saturated rings. The Kier molecular flexibility index (Phi) is 4.71. The highest BCUT2D eigenvalue weighted by Crippen LogP contribution is 2.18. The maximum absolute atomic E-state index is 12.2. The second kappa shape index (κ2) is 5.65. The molecule has 0 aliphatic carbocycles. The summed E-state index contributed by atoms with van der Waals surface area (Å²) in [5.74, 6) is 0.0325. The Morgan fingerprint density at radius 3 is 2.47 bits per heavy atom. The standard InChI is InChI=1S/C13H21NO2S/c1-4-5-12(14)9-17(15,16)13-7-6-10(2)8-11(13)3/h6-8,12H,4-5,9,14H2,1-3H3. The molecule has 1 unspecified atom stereocenters. The van der Waals surface area contributed by atoms with Crippen molar-refractivity contribution in [3.8, 4) is 0 Å². The van der Waals surface area contributed by atoms with Crippen LogP contribution in [0.4, 0.5) is 0 Å². The van der Waals surface area contributed by atoms with Crippen molar-refractivity contribution in [2.45, 2.75) is 44.6 Å². The van der Waals surface area contributed by atoms with Crippen LogP contribution in [0.1, 0.15) is 30.9 Å². The summed E-state index contributed by atoms with van der Waals surface area (Å²) in [5, 5.41) is 0. The van der Waals surface area contributed by atoms with Crippen molar-refractivity contribution < 1.29 is 8.42 Å². The number of sulfone groups is 1. The molecule has 0 saturated heterocycles. The third-order valence-corrected chi connectivity index (χ3v) is 4.75. The van der Waals surface area contributed by atoms with Gasteiger partial charge in [-0.15, -0.1) is 0 Å². The number of hydrogen-bond acceptors (Lipinski definition) is 3. The lowest BCUT2D eigenvalue weighted by atomic mass is 10.2. The lowest BCUT2D eigenvalue weighted by Gasteiger charge is -2.13. The van der Waals surface area contributed by atoms with Crippen LogP contribution in [0.5, 0.6) is 0 Å². The van der Waals surface area contributed by atoms with Crippen LogP contribution in [0.25, 0.3) is 0 Å². The molecule has 0 heterocycles. The van der Waals surface area contributed by atoms with E-state index in [1.165, 1.54) is 0 Å². The maximum Gasteiger partial charge on any atom is 0.180 e. The predicted octanol–water partition coefficient (Wildman–Crippen LogP) is 2.20. The van der Waals surface area contributed by atoms with Gasteiger partial charge in [0.05, 0.1) is 10.6 Å². The van der Waals surface area contributed by atoms with Crippen molar-refractivity contribution in [3.63, 3.8) is 0 Å². The fourth-order valence-corrected chi connectivity index (χ4v) is 3.71. The molecule has 3 nitrogen and oxygen atoms in total. The van der Waals surface area contributed by atoms with Gasteiger partial charge in [0.1, 0.15) is 0 Å². The number of hydrogen-bond donors (Lipinski definition) is 1. The summed E-state index contributed by atoms with van der Waals surface area (Å²) in [6.07, 6.45) is 1.65. The minimum atomic E-state index is -3.25. The fraction of sp³-hybridized carbons (Fsp3) is 0.538. The largest absolute Gasteiger partial charge is 0.327 e. The van der Waals surface area contributed by atoms with E-state index in [0.717, 1.165) is 24.0 Å². The molecule has 0 aliphatic heterocycles. The molecule has 1 aromatic rings. The zero-order valence-electron chi connectivity index (χ0n) is 10.7. The number of rotatable bonds is 5. The second-order valence-electron chi connectivity index (χ2n) is 4.60. The van der Waals surface area contributed by atoms with Crippen LogP contribution >= 0.6 is 0 Å². The zero-order valence-corrected chi connectivity index (χ0v) is 11.5. The highest BCUT2D eigenvalue weighted by molar-refractivity contribution is 7.91. The van der Waals surface area contributed by atoms with Crippen LogP contribution in [-0.4, -0.2) is 20.2 Å². The molecule has 0 amide bonds. The molecule has 96 valence electrons. The summed E-state index contributed by atoms with van der Waals surface area (Å²) in [6.45, 7) is 5.78. The average molecular weight is 255 g/mol. The van der Waals surface area contributed by atoms with Crippen molar-refractivity contribution in [2.24, 2.45) is 5.73 Å². The molecular formula is C13H21NO2S. The Balaban J connectivity index is 2.97. The summed E-state index contributed by atoms with van der Waals surface area (Å²) in [6, 6.07) is 5.12. The smallest absolute Gasteiger partial charge is 0.180 e. The predicted molar refractivity (Wildman–Crippen MR) is 70.9 cm³/mol. The summed E-state index contributed by atoms with van der Waals surface area (Å²) >= 11 is 0. The van der Waals surface area contributed by atoms with Gasteiger partial charge in [0.25, 0.3) is 0 Å². The van der Waals surface area contributed by atoms with Crippen molar-refractivity contribution in [1.82, 2.24) is 0 Å². The number of benzene rings is 1. The van der Waals surface area contributed by atoms with Crippen LogP contribution < -0.4 is 5.73 Å². The number of aryl methyl sites for hydroxylation is 2. The molecule has 1 aromatic carbocycles. The first-order valence-corrected chi connectivity index (χ1v) is 7.57. The third-order valence-electron chi connectivity index (χ3n) is 2.76. The Labute approximate surface area is 104 Å². The second-order valence-corrected chi connectivity index (χ2v) is 6.60. The van der Waals surface area contributed by atoms with E-state index in [9.17, 15) is 8.42 Å². The minimum Gasteiger partial charge on any atom is -0.327 e. The van der Waals surface area contributed by atoms with Crippen LogP contribution in [0, 0.1) is 13.8 Å². The van der Waals surface area contributed by atoms with Crippen molar-refractivity contribution in [2.75, 3.05) is 5.75 Å². The van der Waals surface area contributed by atoms with E-state index in [2.05, 4.69) is 0 Å². The van der Waals surface area contributed by atoms with Crippen molar-refractivity contribution in [1.29, 1.82) is 0 Å². The minimum absolute atomic E-state index is 0.0325. The molecule has 0 saturated carbocycles. The van der Waals surface area contributed by atoms with E-state index < -0.39 is 9.84 Å². The quantitative estimate of drug-likeness (QED) is 0.877. The van der Waals surface area contributed by atoms with Gasteiger partial charge in [0.2, 0.25) is 0 Å². The third kappa shape index (κ3) is 3.82. The summed E-state index contributed by atoms with van der Waals surface area (Å²) in [4.78, 5) is 0.412. The van der Waals surface area contributed by atoms with Crippen LogP contribution in [-0.2, 0) is 9.84 Å². The van der Waals surface area contributed by atoms with Gasteiger partial charge in [0.15, 0.2) is 9.84 Å². The molecule has 0 aliphatic rings. The van der Waals surface area contributed by atoms with Crippen LogP contribution in [0.2, 0.25) is 0 Å². The van der Waals surface area contributed by atoms with E-state index in [1.54, 1.807) is 6.07 Å². The average Bonchev–Trinajstić information content (AvgIpc) is 2.15. The summed E-state index contributed by atoms with van der Waals surface area (Å²) < 4.78 is 24.3. The van der Waals surface area contributed by atoms with Crippen molar-refractivity contribution in [3.05, 3.63) is 29.3 Å². The fourth-order valence-electron chi connectivity index (χ4n) is 1.97. The highest BCUT2D eigenvalue weighted by Gasteiger charge is 2.20. The summed E-state index contributed by atoms with van der Waals surface area (Å²) in [5.41, 5.74) is 7.68. The van der Waals surface area contributed by atoms with E-state index >= 15 is 0 Å². The Morgan fingerprint density at radius 2 is 1.94 bits per heavy atom. The van der Waals surface area contributed by atoms with Gasteiger partial charge in [-0.25, -0.2) is 8.42 Å². The van der Waals surface area contributed by atoms with E-state index in [4.69, 9.17) is 5.73 Å². The summed E-state index contributed by atoms with van der Waals surface area (Å²) in [7, 11) is -3.25. The molecule has 0 aromatic heterocycles. The molecule has 0 radical (unpaired) electrons.